The normalized spacial score (nSPS) is 11.2. The molecule has 5 nitrogen and oxygen atoms in total. The second-order valence-corrected chi connectivity index (χ2v) is 5.50. The molecule has 0 aliphatic heterocycles. The van der Waals surface area contributed by atoms with Gasteiger partial charge >= 0.3 is 0 Å². The van der Waals surface area contributed by atoms with Gasteiger partial charge in [-0.1, -0.05) is 42.5 Å². The average Bonchev–Trinajstić information content (AvgIpc) is 2.60. The Hall–Kier alpha value is -2.60. The zero-order chi connectivity index (χ0) is 17.4. The van der Waals surface area contributed by atoms with E-state index in [0.29, 0.717) is 11.5 Å². The number of hydrogen-bond acceptors (Lipinski definition) is 4. The van der Waals surface area contributed by atoms with Gasteiger partial charge in [0.25, 0.3) is 5.91 Å². The summed E-state index contributed by atoms with van der Waals surface area (Å²) in [5.41, 5.74) is 1.08. The molecule has 2 aromatic rings. The minimum atomic E-state index is -0.335. The molecule has 0 fully saturated rings. The second kappa shape index (κ2) is 8.88. The van der Waals surface area contributed by atoms with Crippen molar-refractivity contribution in [1.82, 2.24) is 10.6 Å². The van der Waals surface area contributed by atoms with Crippen LogP contribution in [0.5, 0.6) is 11.5 Å². The van der Waals surface area contributed by atoms with E-state index in [2.05, 4.69) is 10.6 Å². The maximum Gasteiger partial charge on any atom is 0.264 e. The van der Waals surface area contributed by atoms with Crippen LogP contribution in [0.2, 0.25) is 0 Å². The molecule has 0 spiro atoms. The first-order valence-electron chi connectivity index (χ1n) is 7.51. The summed E-state index contributed by atoms with van der Waals surface area (Å²) in [6.45, 7) is 1.82. The smallest absolute Gasteiger partial charge is 0.264 e. The van der Waals surface area contributed by atoms with Gasteiger partial charge in [0.05, 0.1) is 13.2 Å². The fourth-order valence-corrected chi connectivity index (χ4v) is 2.39. The summed E-state index contributed by atoms with van der Waals surface area (Å²) in [6, 6.07) is 17.0. The molecule has 0 aliphatic carbocycles. The van der Waals surface area contributed by atoms with Crippen molar-refractivity contribution in [1.29, 1.82) is 0 Å². The van der Waals surface area contributed by atoms with Crippen LogP contribution in [0.1, 0.15) is 18.5 Å². The zero-order valence-corrected chi connectivity index (χ0v) is 14.4. The first-order chi connectivity index (χ1) is 11.6. The Morgan fingerprint density at radius 3 is 2.38 bits per heavy atom. The number of rotatable bonds is 6. The molecule has 2 N–H and O–H groups in total. The van der Waals surface area contributed by atoms with Gasteiger partial charge in [-0.05, 0) is 36.8 Å². The summed E-state index contributed by atoms with van der Waals surface area (Å²) in [4.78, 5) is 11.9. The Labute approximate surface area is 147 Å². The van der Waals surface area contributed by atoms with Crippen LogP contribution in [0.25, 0.3) is 0 Å². The Kier molecular flexibility index (Phi) is 6.57. The van der Waals surface area contributed by atoms with Gasteiger partial charge in [0.15, 0.2) is 23.2 Å². The molecule has 2 aromatic carbocycles. The number of amides is 1. The molecule has 0 aliphatic rings. The lowest BCUT2D eigenvalue weighted by Gasteiger charge is -2.17. The summed E-state index contributed by atoms with van der Waals surface area (Å²) in [5, 5.41) is 5.93. The third-order valence-electron chi connectivity index (χ3n) is 3.33. The van der Waals surface area contributed by atoms with Gasteiger partial charge in [0, 0.05) is 0 Å². The van der Waals surface area contributed by atoms with Crippen molar-refractivity contribution in [2.45, 2.75) is 13.0 Å². The molecule has 0 radical (unpaired) electrons. The number of thiocarbonyl (C=S) groups is 1. The topological polar surface area (TPSA) is 59.6 Å². The van der Waals surface area contributed by atoms with Crippen LogP contribution in [0, 0.1) is 0 Å². The Morgan fingerprint density at radius 1 is 1.08 bits per heavy atom. The fraction of sp³-hybridized carbons (Fsp3) is 0.222. The maximum absolute atomic E-state index is 11.9. The van der Waals surface area contributed by atoms with Crippen LogP contribution in [0.15, 0.2) is 54.6 Å². The van der Waals surface area contributed by atoms with E-state index in [4.69, 9.17) is 21.7 Å². The van der Waals surface area contributed by atoms with Gasteiger partial charge < -0.3 is 20.1 Å². The second-order valence-electron chi connectivity index (χ2n) is 5.09. The first-order valence-corrected chi connectivity index (χ1v) is 7.92. The van der Waals surface area contributed by atoms with Crippen molar-refractivity contribution in [2.24, 2.45) is 0 Å². The van der Waals surface area contributed by atoms with Crippen LogP contribution in [-0.4, -0.2) is 24.7 Å². The first kappa shape index (κ1) is 17.7. The lowest BCUT2D eigenvalue weighted by Crippen LogP contribution is -2.42. The minimum Gasteiger partial charge on any atom is -0.493 e. The van der Waals surface area contributed by atoms with Gasteiger partial charge in [0.1, 0.15) is 0 Å². The summed E-state index contributed by atoms with van der Waals surface area (Å²) in [5.74, 6) is 0.744. The van der Waals surface area contributed by atoms with Crippen LogP contribution in [0.3, 0.4) is 0 Å². The zero-order valence-electron chi connectivity index (χ0n) is 13.6. The quantitative estimate of drug-likeness (QED) is 0.789. The predicted molar refractivity (Wildman–Crippen MR) is 97.2 cm³/mol. The monoisotopic (exact) mass is 344 g/mol. The lowest BCUT2D eigenvalue weighted by molar-refractivity contribution is -0.121. The van der Waals surface area contributed by atoms with Gasteiger partial charge in [0.2, 0.25) is 0 Å². The van der Waals surface area contributed by atoms with E-state index < -0.39 is 0 Å². The summed E-state index contributed by atoms with van der Waals surface area (Å²) in [6.07, 6.45) is 0. The number of carbonyl (C=O) groups excluding carboxylic acids is 1. The van der Waals surface area contributed by atoms with Crippen molar-refractivity contribution >= 4 is 23.2 Å². The SMILES string of the molecule is COc1ccccc1OCC(=O)NC(=S)NC(C)c1ccccc1. The van der Waals surface area contributed by atoms with Gasteiger partial charge in [-0.15, -0.1) is 0 Å². The summed E-state index contributed by atoms with van der Waals surface area (Å²) < 4.78 is 10.6. The fourth-order valence-electron chi connectivity index (χ4n) is 2.10. The molecule has 24 heavy (non-hydrogen) atoms. The average molecular weight is 344 g/mol. The van der Waals surface area contributed by atoms with Crippen molar-refractivity contribution in [3.8, 4) is 11.5 Å². The third kappa shape index (κ3) is 5.24. The van der Waals surface area contributed by atoms with Crippen molar-refractivity contribution in [2.75, 3.05) is 13.7 Å². The third-order valence-corrected chi connectivity index (χ3v) is 3.55. The standard InChI is InChI=1S/C18H20N2O3S/c1-13(14-8-4-3-5-9-14)19-18(24)20-17(21)12-23-16-11-7-6-10-15(16)22-2/h3-11,13H,12H2,1-2H3,(H2,19,20,21,24). The Balaban J connectivity index is 1.80. The van der Waals surface area contributed by atoms with Crippen LogP contribution in [0.4, 0.5) is 0 Å². The number of hydrogen-bond donors (Lipinski definition) is 2. The van der Waals surface area contributed by atoms with E-state index in [-0.39, 0.29) is 23.7 Å². The summed E-state index contributed by atoms with van der Waals surface area (Å²) in [7, 11) is 1.55. The number of methoxy groups -OCH3 is 1. The number of nitrogens with one attached hydrogen (secondary N) is 2. The number of carbonyl (C=O) groups is 1. The van der Waals surface area contributed by atoms with Crippen LogP contribution in [-0.2, 0) is 4.79 Å². The van der Waals surface area contributed by atoms with Gasteiger partial charge in [-0.25, -0.2) is 0 Å². The van der Waals surface area contributed by atoms with Crippen molar-refractivity contribution < 1.29 is 14.3 Å². The highest BCUT2D eigenvalue weighted by Crippen LogP contribution is 2.25. The van der Waals surface area contributed by atoms with E-state index in [0.717, 1.165) is 5.56 Å². The molecule has 126 valence electrons. The molecule has 1 unspecified atom stereocenters. The number of ether oxygens (including phenoxy) is 2. The molecule has 1 amide bonds. The molecule has 1 atom stereocenters. The largest absolute Gasteiger partial charge is 0.493 e. The van der Waals surface area contributed by atoms with Crippen molar-refractivity contribution in [3.63, 3.8) is 0 Å². The van der Waals surface area contributed by atoms with Gasteiger partial charge in [-0.3, -0.25) is 4.79 Å². The minimum absolute atomic E-state index is 0.00543. The highest BCUT2D eigenvalue weighted by atomic mass is 32.1. The molecule has 0 bridgehead atoms. The molecule has 0 saturated heterocycles. The summed E-state index contributed by atoms with van der Waals surface area (Å²) >= 11 is 5.16. The molecule has 0 aromatic heterocycles. The van der Waals surface area contributed by atoms with E-state index in [1.54, 1.807) is 19.2 Å². The predicted octanol–water partition coefficient (Wildman–Crippen LogP) is 2.83. The number of para-hydroxylation sites is 2. The van der Waals surface area contributed by atoms with E-state index in [1.807, 2.05) is 49.4 Å². The van der Waals surface area contributed by atoms with Crippen LogP contribution < -0.4 is 20.1 Å². The van der Waals surface area contributed by atoms with E-state index in [9.17, 15) is 4.79 Å². The molecule has 6 heteroatoms. The Bertz CT molecular complexity index is 692. The highest BCUT2D eigenvalue weighted by Gasteiger charge is 2.11. The van der Waals surface area contributed by atoms with Crippen molar-refractivity contribution in [3.05, 3.63) is 60.2 Å². The Morgan fingerprint density at radius 2 is 1.71 bits per heavy atom. The molecule has 2 rings (SSSR count). The lowest BCUT2D eigenvalue weighted by atomic mass is 10.1. The molecule has 0 saturated carbocycles. The van der Waals surface area contributed by atoms with E-state index >= 15 is 0 Å². The van der Waals surface area contributed by atoms with Gasteiger partial charge in [-0.2, -0.15) is 0 Å². The molecular weight excluding hydrogens is 324 g/mol. The number of benzene rings is 2. The maximum atomic E-state index is 11.9. The van der Waals surface area contributed by atoms with Crippen LogP contribution >= 0.6 is 12.2 Å². The molecular formula is C18H20N2O3S. The molecule has 0 heterocycles. The van der Waals surface area contributed by atoms with E-state index in [1.165, 1.54) is 0 Å². The highest BCUT2D eigenvalue weighted by molar-refractivity contribution is 7.80.